The number of aromatic hydroxyl groups is 1. The third-order valence-corrected chi connectivity index (χ3v) is 1.51. The molecule has 0 radical (unpaired) electrons. The summed E-state index contributed by atoms with van der Waals surface area (Å²) in [5.41, 5.74) is -0.166. The van der Waals surface area contributed by atoms with Gasteiger partial charge in [-0.15, -0.1) is 13.2 Å². The maximum Gasteiger partial charge on any atom is 0.575 e. The third-order valence-electron chi connectivity index (χ3n) is 1.51. The van der Waals surface area contributed by atoms with Gasteiger partial charge in [-0.1, -0.05) is 0 Å². The SMILES string of the molecule is Cc1cc(O)c([N+](=O)[O-])nc1OC(F)(F)F. The highest BCUT2D eigenvalue weighted by Gasteiger charge is 2.35. The van der Waals surface area contributed by atoms with Crippen LogP contribution >= 0.6 is 0 Å². The molecule has 0 saturated carbocycles. The molecule has 0 aliphatic rings. The zero-order valence-corrected chi connectivity index (χ0v) is 7.78. The molecule has 0 saturated heterocycles. The van der Waals surface area contributed by atoms with Gasteiger partial charge in [-0.2, -0.15) is 0 Å². The number of alkyl halides is 3. The molecule has 0 aliphatic carbocycles. The van der Waals surface area contributed by atoms with Crippen LogP contribution in [0.5, 0.6) is 11.6 Å². The molecule has 0 spiro atoms. The zero-order valence-electron chi connectivity index (χ0n) is 7.78. The molecule has 1 rings (SSSR count). The van der Waals surface area contributed by atoms with Crippen molar-refractivity contribution >= 4 is 5.82 Å². The van der Waals surface area contributed by atoms with E-state index in [9.17, 15) is 23.3 Å². The van der Waals surface area contributed by atoms with E-state index in [2.05, 4.69) is 9.72 Å². The zero-order chi connectivity index (χ0) is 12.5. The second kappa shape index (κ2) is 3.83. The number of aryl methyl sites for hydroxylation is 1. The molecule has 1 aromatic heterocycles. The van der Waals surface area contributed by atoms with E-state index in [1.807, 2.05) is 0 Å². The first-order valence-corrected chi connectivity index (χ1v) is 3.81. The van der Waals surface area contributed by atoms with Crippen LogP contribution in [0, 0.1) is 17.0 Å². The molecule has 88 valence electrons. The Morgan fingerprint density at radius 3 is 2.56 bits per heavy atom. The van der Waals surface area contributed by atoms with E-state index in [-0.39, 0.29) is 5.56 Å². The fraction of sp³-hybridized carbons (Fsp3) is 0.286. The summed E-state index contributed by atoms with van der Waals surface area (Å²) in [4.78, 5) is 12.1. The Balaban J connectivity index is 3.20. The fourth-order valence-electron chi connectivity index (χ4n) is 0.920. The standard InChI is InChI=1S/C7H5F3N2O4/c1-3-2-4(13)5(12(14)15)11-6(3)16-7(8,9)10/h2,13H,1H3. The van der Waals surface area contributed by atoms with Gasteiger partial charge in [0, 0.05) is 10.5 Å². The highest BCUT2D eigenvalue weighted by atomic mass is 19.4. The Morgan fingerprint density at radius 1 is 1.56 bits per heavy atom. The molecule has 0 bridgehead atoms. The monoisotopic (exact) mass is 238 g/mol. The van der Waals surface area contributed by atoms with E-state index in [0.29, 0.717) is 0 Å². The lowest BCUT2D eigenvalue weighted by Crippen LogP contribution is -2.18. The normalized spacial score (nSPS) is 11.2. The lowest BCUT2D eigenvalue weighted by atomic mass is 10.3. The van der Waals surface area contributed by atoms with Crippen LogP contribution in [-0.2, 0) is 0 Å². The van der Waals surface area contributed by atoms with Crippen molar-refractivity contribution in [2.45, 2.75) is 13.3 Å². The van der Waals surface area contributed by atoms with E-state index in [4.69, 9.17) is 5.11 Å². The summed E-state index contributed by atoms with van der Waals surface area (Å²) in [5.74, 6) is -2.88. The highest BCUT2D eigenvalue weighted by molar-refractivity contribution is 5.45. The van der Waals surface area contributed by atoms with Crippen LogP contribution in [0.2, 0.25) is 0 Å². The summed E-state index contributed by atoms with van der Waals surface area (Å²) < 4.78 is 39.0. The summed E-state index contributed by atoms with van der Waals surface area (Å²) in [6.45, 7) is 1.16. The predicted octanol–water partition coefficient (Wildman–Crippen LogP) is 1.90. The van der Waals surface area contributed by atoms with Gasteiger partial charge in [-0.25, -0.2) is 0 Å². The topological polar surface area (TPSA) is 85.5 Å². The molecular weight excluding hydrogens is 233 g/mol. The Morgan fingerprint density at radius 2 is 2.12 bits per heavy atom. The van der Waals surface area contributed by atoms with Crippen LogP contribution in [-0.4, -0.2) is 21.4 Å². The van der Waals surface area contributed by atoms with Crippen molar-refractivity contribution in [3.05, 3.63) is 21.7 Å². The summed E-state index contributed by atoms with van der Waals surface area (Å²) >= 11 is 0. The molecule has 1 aromatic rings. The minimum absolute atomic E-state index is 0.166. The molecule has 0 atom stereocenters. The molecule has 0 unspecified atom stereocenters. The Labute approximate surface area is 86.4 Å². The lowest BCUT2D eigenvalue weighted by Gasteiger charge is -2.07. The van der Waals surface area contributed by atoms with Crippen molar-refractivity contribution in [3.63, 3.8) is 0 Å². The van der Waals surface area contributed by atoms with Crippen LogP contribution in [0.25, 0.3) is 0 Å². The summed E-state index contributed by atoms with van der Waals surface area (Å²) in [5, 5.41) is 19.3. The number of hydrogen-bond acceptors (Lipinski definition) is 5. The third kappa shape index (κ3) is 2.72. The van der Waals surface area contributed by atoms with Gasteiger partial charge in [-0.3, -0.25) is 0 Å². The fourth-order valence-corrected chi connectivity index (χ4v) is 0.920. The maximum absolute atomic E-state index is 11.9. The number of nitro groups is 1. The van der Waals surface area contributed by atoms with E-state index >= 15 is 0 Å². The predicted molar refractivity (Wildman–Crippen MR) is 44.0 cm³/mol. The Bertz CT molecular complexity index is 432. The van der Waals surface area contributed by atoms with Gasteiger partial charge in [0.25, 0.3) is 0 Å². The average Bonchev–Trinajstić information content (AvgIpc) is 2.07. The van der Waals surface area contributed by atoms with Gasteiger partial charge in [0.05, 0.1) is 0 Å². The maximum atomic E-state index is 11.9. The molecule has 0 aromatic carbocycles. The lowest BCUT2D eigenvalue weighted by molar-refractivity contribution is -0.391. The molecule has 1 heterocycles. The van der Waals surface area contributed by atoms with Gasteiger partial charge in [0.2, 0.25) is 5.75 Å². The summed E-state index contributed by atoms with van der Waals surface area (Å²) in [6.07, 6.45) is -5.00. The van der Waals surface area contributed by atoms with Gasteiger partial charge in [-0.05, 0) is 17.9 Å². The first-order valence-electron chi connectivity index (χ1n) is 3.81. The number of hydrogen-bond donors (Lipinski definition) is 1. The quantitative estimate of drug-likeness (QED) is 0.628. The molecule has 0 fully saturated rings. The number of aromatic nitrogens is 1. The van der Waals surface area contributed by atoms with Crippen molar-refractivity contribution in [2.75, 3.05) is 0 Å². The van der Waals surface area contributed by atoms with Gasteiger partial charge >= 0.3 is 18.1 Å². The van der Waals surface area contributed by atoms with Crippen LogP contribution in [0.3, 0.4) is 0 Å². The number of rotatable bonds is 2. The number of ether oxygens (including phenoxy) is 1. The summed E-state index contributed by atoms with van der Waals surface area (Å²) in [6, 6.07) is 0.770. The largest absolute Gasteiger partial charge is 0.575 e. The van der Waals surface area contributed by atoms with Crippen LogP contribution in [0.15, 0.2) is 6.07 Å². The Kier molecular flexibility index (Phi) is 2.88. The molecule has 9 heteroatoms. The summed E-state index contributed by atoms with van der Waals surface area (Å²) in [7, 11) is 0. The van der Waals surface area contributed by atoms with Crippen LogP contribution in [0.1, 0.15) is 5.56 Å². The van der Waals surface area contributed by atoms with Crippen molar-refractivity contribution in [1.29, 1.82) is 0 Å². The number of nitrogens with zero attached hydrogens (tertiary/aromatic N) is 2. The first-order chi connectivity index (χ1) is 7.20. The van der Waals surface area contributed by atoms with Crippen molar-refractivity contribution < 1.29 is 27.9 Å². The van der Waals surface area contributed by atoms with Gasteiger partial charge < -0.3 is 20.0 Å². The second-order valence-corrected chi connectivity index (χ2v) is 2.76. The van der Waals surface area contributed by atoms with E-state index < -0.39 is 28.7 Å². The number of pyridine rings is 1. The minimum atomic E-state index is -5.00. The molecule has 1 N–H and O–H groups in total. The smallest absolute Gasteiger partial charge is 0.501 e. The molecular formula is C7H5F3N2O4. The molecule has 6 nitrogen and oxygen atoms in total. The van der Waals surface area contributed by atoms with E-state index in [1.165, 1.54) is 0 Å². The van der Waals surface area contributed by atoms with Crippen LogP contribution in [0.4, 0.5) is 19.0 Å². The van der Waals surface area contributed by atoms with Crippen molar-refractivity contribution in [3.8, 4) is 11.6 Å². The first kappa shape index (κ1) is 12.0. The van der Waals surface area contributed by atoms with E-state index in [1.54, 1.807) is 0 Å². The van der Waals surface area contributed by atoms with Gasteiger partial charge in [0.1, 0.15) is 0 Å². The minimum Gasteiger partial charge on any atom is -0.501 e. The molecule has 16 heavy (non-hydrogen) atoms. The second-order valence-electron chi connectivity index (χ2n) is 2.76. The average molecular weight is 238 g/mol. The molecule has 0 aliphatic heterocycles. The van der Waals surface area contributed by atoms with E-state index in [0.717, 1.165) is 13.0 Å². The van der Waals surface area contributed by atoms with Gasteiger partial charge in [0.15, 0.2) is 0 Å². The molecule has 0 amide bonds. The van der Waals surface area contributed by atoms with Crippen molar-refractivity contribution in [1.82, 2.24) is 4.98 Å². The highest BCUT2D eigenvalue weighted by Crippen LogP contribution is 2.31. The number of halogens is 3. The Hall–Kier alpha value is -2.06. The van der Waals surface area contributed by atoms with Crippen LogP contribution < -0.4 is 4.74 Å². The van der Waals surface area contributed by atoms with Crippen molar-refractivity contribution in [2.24, 2.45) is 0 Å².